The van der Waals surface area contributed by atoms with Crippen molar-refractivity contribution in [3.05, 3.63) is 102 Å². The molecule has 0 spiro atoms. The first-order valence-electron chi connectivity index (χ1n) is 10.1. The number of rotatable bonds is 6. The summed E-state index contributed by atoms with van der Waals surface area (Å²) in [5.74, 6) is -1.34. The number of para-hydroxylation sites is 1. The van der Waals surface area contributed by atoms with Gasteiger partial charge >= 0.3 is 0 Å². The second-order valence-corrected chi connectivity index (χ2v) is 9.09. The SMILES string of the molecule is Nc1ccccc1-c1ccc(C(=O)Nc2ccc(O)c(NS(=O)(=O)c3ccc(F)cc3)c2)cc1. The Kier molecular flexibility index (Phi) is 6.20. The quantitative estimate of drug-likeness (QED) is 0.180. The molecule has 0 fully saturated rings. The van der Waals surface area contributed by atoms with Crippen LogP contribution in [-0.2, 0) is 10.0 Å². The molecule has 4 rings (SSSR count). The van der Waals surface area contributed by atoms with E-state index >= 15 is 0 Å². The van der Waals surface area contributed by atoms with Crippen molar-refractivity contribution >= 4 is 33.0 Å². The molecule has 4 aromatic rings. The molecule has 0 saturated carbocycles. The van der Waals surface area contributed by atoms with Gasteiger partial charge in [0.1, 0.15) is 11.6 Å². The van der Waals surface area contributed by atoms with Crippen molar-refractivity contribution < 1.29 is 22.7 Å². The number of carbonyl (C=O) groups excluding carboxylic acids is 1. The monoisotopic (exact) mass is 477 g/mol. The molecular weight excluding hydrogens is 457 g/mol. The van der Waals surface area contributed by atoms with E-state index in [1.54, 1.807) is 30.3 Å². The third kappa shape index (κ3) is 5.00. The molecule has 172 valence electrons. The van der Waals surface area contributed by atoms with E-state index < -0.39 is 21.7 Å². The summed E-state index contributed by atoms with van der Waals surface area (Å²) >= 11 is 0. The van der Waals surface area contributed by atoms with Gasteiger partial charge in [0.15, 0.2) is 0 Å². The smallest absolute Gasteiger partial charge is 0.262 e. The third-order valence-electron chi connectivity index (χ3n) is 5.04. The van der Waals surface area contributed by atoms with Gasteiger partial charge < -0.3 is 16.2 Å². The van der Waals surface area contributed by atoms with Crippen molar-refractivity contribution in [2.75, 3.05) is 15.8 Å². The van der Waals surface area contributed by atoms with Crippen molar-refractivity contribution in [2.24, 2.45) is 0 Å². The highest BCUT2D eigenvalue weighted by atomic mass is 32.2. The summed E-state index contributed by atoms with van der Waals surface area (Å²) in [7, 11) is -4.08. The van der Waals surface area contributed by atoms with Gasteiger partial charge in [-0.3, -0.25) is 9.52 Å². The lowest BCUT2D eigenvalue weighted by Crippen LogP contribution is -2.14. The van der Waals surface area contributed by atoms with Gasteiger partial charge in [0.25, 0.3) is 15.9 Å². The Labute approximate surface area is 195 Å². The van der Waals surface area contributed by atoms with Gasteiger partial charge in [-0.2, -0.15) is 0 Å². The fourth-order valence-corrected chi connectivity index (χ4v) is 4.34. The first kappa shape index (κ1) is 22.8. The molecule has 0 unspecified atom stereocenters. The number of anilines is 3. The van der Waals surface area contributed by atoms with Crippen LogP contribution in [0.5, 0.6) is 5.75 Å². The largest absolute Gasteiger partial charge is 0.506 e. The molecule has 0 aliphatic heterocycles. The van der Waals surface area contributed by atoms with Gasteiger partial charge in [-0.05, 0) is 66.2 Å². The van der Waals surface area contributed by atoms with E-state index in [4.69, 9.17) is 5.73 Å². The number of nitrogens with two attached hydrogens (primary N) is 1. The first-order valence-corrected chi connectivity index (χ1v) is 11.6. The van der Waals surface area contributed by atoms with Crippen LogP contribution in [0.2, 0.25) is 0 Å². The Balaban J connectivity index is 1.51. The molecule has 0 radical (unpaired) electrons. The van der Waals surface area contributed by atoms with E-state index in [0.29, 0.717) is 11.3 Å². The Morgan fingerprint density at radius 1 is 0.882 bits per heavy atom. The number of aromatic hydroxyl groups is 1. The van der Waals surface area contributed by atoms with Crippen LogP contribution in [0, 0.1) is 5.82 Å². The van der Waals surface area contributed by atoms with E-state index in [-0.39, 0.29) is 22.0 Å². The van der Waals surface area contributed by atoms with Crippen molar-refractivity contribution in [2.45, 2.75) is 4.90 Å². The van der Waals surface area contributed by atoms with Crippen LogP contribution in [0.3, 0.4) is 0 Å². The standard InChI is InChI=1S/C25H20FN3O4S/c26-18-9-12-20(13-10-18)34(32,33)29-23-15-19(11-14-24(23)30)28-25(31)17-7-5-16(6-8-17)21-3-1-2-4-22(21)27/h1-15,29-30H,27H2,(H,28,31). The lowest BCUT2D eigenvalue weighted by atomic mass is 10.0. The van der Waals surface area contributed by atoms with Crippen molar-refractivity contribution in [3.63, 3.8) is 0 Å². The van der Waals surface area contributed by atoms with Crippen LogP contribution >= 0.6 is 0 Å². The molecule has 1 amide bonds. The number of hydrogen-bond donors (Lipinski definition) is 4. The number of nitrogen functional groups attached to an aromatic ring is 1. The van der Waals surface area contributed by atoms with E-state index in [9.17, 15) is 22.7 Å². The summed E-state index contributed by atoms with van der Waals surface area (Å²) in [5.41, 5.74) is 8.83. The lowest BCUT2D eigenvalue weighted by molar-refractivity contribution is 0.102. The van der Waals surface area contributed by atoms with Crippen LogP contribution < -0.4 is 15.8 Å². The van der Waals surface area contributed by atoms with Gasteiger partial charge in [-0.25, -0.2) is 12.8 Å². The molecule has 34 heavy (non-hydrogen) atoms. The zero-order chi connectivity index (χ0) is 24.3. The zero-order valence-electron chi connectivity index (χ0n) is 17.7. The fourth-order valence-electron chi connectivity index (χ4n) is 3.28. The number of carbonyl (C=O) groups is 1. The van der Waals surface area contributed by atoms with Gasteiger partial charge in [0.2, 0.25) is 0 Å². The Morgan fingerprint density at radius 3 is 2.24 bits per heavy atom. The molecular formula is C25H20FN3O4S. The molecule has 0 atom stereocenters. The van der Waals surface area contributed by atoms with E-state index in [1.165, 1.54) is 18.2 Å². The second-order valence-electron chi connectivity index (χ2n) is 7.41. The number of benzene rings is 4. The predicted octanol–water partition coefficient (Wildman–Crippen LogP) is 4.83. The Hall–Kier alpha value is -4.37. The molecule has 4 aromatic carbocycles. The first-order chi connectivity index (χ1) is 16.2. The number of phenolic OH excluding ortho intramolecular Hbond substituents is 1. The minimum atomic E-state index is -4.08. The molecule has 0 saturated heterocycles. The van der Waals surface area contributed by atoms with Gasteiger partial charge in [-0.15, -0.1) is 0 Å². The summed E-state index contributed by atoms with van der Waals surface area (Å²) < 4.78 is 40.5. The average molecular weight is 478 g/mol. The average Bonchev–Trinajstić information content (AvgIpc) is 2.82. The molecule has 0 bridgehead atoms. The number of nitrogens with one attached hydrogen (secondary N) is 2. The fraction of sp³-hybridized carbons (Fsp3) is 0. The maximum Gasteiger partial charge on any atom is 0.262 e. The number of sulfonamides is 1. The number of hydrogen-bond acceptors (Lipinski definition) is 5. The van der Waals surface area contributed by atoms with Crippen LogP contribution in [0.25, 0.3) is 11.1 Å². The lowest BCUT2D eigenvalue weighted by Gasteiger charge is -2.12. The summed E-state index contributed by atoms with van der Waals surface area (Å²) in [6, 6.07) is 22.5. The minimum absolute atomic E-state index is 0.142. The number of halogens is 1. The number of phenols is 1. The molecule has 9 heteroatoms. The molecule has 0 aliphatic rings. The topological polar surface area (TPSA) is 122 Å². The number of amides is 1. The minimum Gasteiger partial charge on any atom is -0.506 e. The van der Waals surface area contributed by atoms with Gasteiger partial charge in [0, 0.05) is 22.5 Å². The van der Waals surface area contributed by atoms with Crippen LogP contribution in [0.4, 0.5) is 21.5 Å². The Morgan fingerprint density at radius 2 is 1.56 bits per heavy atom. The van der Waals surface area contributed by atoms with Crippen molar-refractivity contribution in [1.82, 2.24) is 0 Å². The maximum atomic E-state index is 13.1. The van der Waals surface area contributed by atoms with E-state index in [2.05, 4.69) is 10.0 Å². The second kappa shape index (κ2) is 9.24. The maximum absolute atomic E-state index is 13.1. The van der Waals surface area contributed by atoms with Crippen LogP contribution in [0.15, 0.2) is 95.9 Å². The Bertz CT molecular complexity index is 1450. The normalized spacial score (nSPS) is 11.1. The highest BCUT2D eigenvalue weighted by molar-refractivity contribution is 7.92. The molecule has 0 aliphatic carbocycles. The molecule has 5 N–H and O–H groups in total. The van der Waals surface area contributed by atoms with Crippen molar-refractivity contribution in [3.8, 4) is 16.9 Å². The molecule has 0 heterocycles. The van der Waals surface area contributed by atoms with Gasteiger partial charge in [-0.1, -0.05) is 30.3 Å². The zero-order valence-corrected chi connectivity index (χ0v) is 18.5. The summed E-state index contributed by atoms with van der Waals surface area (Å²) in [4.78, 5) is 12.5. The van der Waals surface area contributed by atoms with Crippen LogP contribution in [0.1, 0.15) is 10.4 Å². The third-order valence-corrected chi connectivity index (χ3v) is 6.42. The van der Waals surface area contributed by atoms with E-state index in [0.717, 1.165) is 35.4 Å². The van der Waals surface area contributed by atoms with E-state index in [1.807, 2.05) is 18.2 Å². The summed E-state index contributed by atoms with van der Waals surface area (Å²) in [6.07, 6.45) is 0. The summed E-state index contributed by atoms with van der Waals surface area (Å²) in [6.45, 7) is 0. The molecule has 0 aromatic heterocycles. The van der Waals surface area contributed by atoms with Gasteiger partial charge in [0.05, 0.1) is 10.6 Å². The summed E-state index contributed by atoms with van der Waals surface area (Å²) in [5, 5.41) is 12.8. The highest BCUT2D eigenvalue weighted by Gasteiger charge is 2.17. The predicted molar refractivity (Wildman–Crippen MR) is 130 cm³/mol. The highest BCUT2D eigenvalue weighted by Crippen LogP contribution is 2.30. The van der Waals surface area contributed by atoms with Crippen LogP contribution in [-0.4, -0.2) is 19.4 Å². The molecule has 7 nitrogen and oxygen atoms in total. The van der Waals surface area contributed by atoms with Crippen molar-refractivity contribution in [1.29, 1.82) is 0 Å².